The van der Waals surface area contributed by atoms with Gasteiger partial charge in [0.25, 0.3) is 0 Å². The van der Waals surface area contributed by atoms with Crippen LogP contribution in [0.2, 0.25) is 0 Å². The van der Waals surface area contributed by atoms with Crippen molar-refractivity contribution < 1.29 is 4.57 Å². The maximum Gasteiger partial charge on any atom is 0.187 e. The third-order valence-electron chi connectivity index (χ3n) is 11.2. The molecule has 1 atom stereocenters. The van der Waals surface area contributed by atoms with Gasteiger partial charge in [0, 0.05) is 32.4 Å². The second kappa shape index (κ2) is 12.5. The summed E-state index contributed by atoms with van der Waals surface area (Å²) in [6.45, 7) is 7.54. The lowest BCUT2D eigenvalue weighted by molar-refractivity contribution is 0.592. The van der Waals surface area contributed by atoms with Crippen LogP contribution in [0, 0.1) is 6.57 Å². The standard InChI is InChI=1S/C50H33N2OP/c1-51-37-28-30-40(31-29-37)54(53,39-18-6-3-7-19-39)41-20-14-15-35(33-41)50(46-24-11-8-21-42(46)43-22-9-12-25-47(43)50)36-27-32-49-45(34-36)44-23-10-13-26-48(44)52(49)38-16-4-2-5-17-38/h2-34H. The Bertz CT molecular complexity index is 2930. The summed E-state index contributed by atoms with van der Waals surface area (Å²) < 4.78 is 18.3. The molecule has 3 nitrogen and oxygen atoms in total. The molecular formula is C50H33N2OP. The Hall–Kier alpha value is -6.72. The number of nitrogens with zero attached hydrogens (tertiary/aromatic N) is 2. The van der Waals surface area contributed by atoms with E-state index in [1.54, 1.807) is 12.1 Å². The van der Waals surface area contributed by atoms with E-state index >= 15 is 4.57 Å². The summed E-state index contributed by atoms with van der Waals surface area (Å²) in [6.07, 6.45) is 0. The fourth-order valence-corrected chi connectivity index (χ4v) is 11.5. The molecule has 1 unspecified atom stereocenters. The maximum absolute atomic E-state index is 15.9. The van der Waals surface area contributed by atoms with Crippen LogP contribution in [0.3, 0.4) is 0 Å². The molecule has 254 valence electrons. The Morgan fingerprint density at radius 2 is 1.02 bits per heavy atom. The number of fused-ring (bicyclic) bond motifs is 6. The molecule has 0 radical (unpaired) electrons. The average molecular weight is 709 g/mol. The van der Waals surface area contributed by atoms with Gasteiger partial charge in [0.2, 0.25) is 0 Å². The lowest BCUT2D eigenvalue weighted by Gasteiger charge is -2.35. The van der Waals surface area contributed by atoms with Crippen molar-refractivity contribution in [3.8, 4) is 16.8 Å². The summed E-state index contributed by atoms with van der Waals surface area (Å²) in [4.78, 5) is 3.61. The Kier molecular flexibility index (Phi) is 7.37. The van der Waals surface area contributed by atoms with E-state index in [0.717, 1.165) is 38.5 Å². The van der Waals surface area contributed by atoms with Crippen LogP contribution < -0.4 is 15.9 Å². The van der Waals surface area contributed by atoms with E-state index in [4.69, 9.17) is 6.57 Å². The van der Waals surface area contributed by atoms with Crippen LogP contribution in [0.4, 0.5) is 5.69 Å². The first-order valence-corrected chi connectivity index (χ1v) is 19.9. The summed E-state index contributed by atoms with van der Waals surface area (Å²) >= 11 is 0. The van der Waals surface area contributed by atoms with E-state index in [-0.39, 0.29) is 0 Å². The fourth-order valence-electron chi connectivity index (χ4n) is 8.84. The van der Waals surface area contributed by atoms with E-state index in [2.05, 4.69) is 149 Å². The minimum atomic E-state index is -3.37. The van der Waals surface area contributed by atoms with Crippen LogP contribution in [0.5, 0.6) is 0 Å². The van der Waals surface area contributed by atoms with Gasteiger partial charge in [0.1, 0.15) is 0 Å². The van der Waals surface area contributed by atoms with Crippen molar-refractivity contribution in [2.75, 3.05) is 0 Å². The smallest absolute Gasteiger partial charge is 0.187 e. The summed E-state index contributed by atoms with van der Waals surface area (Å²) in [7, 11) is -3.37. The number of para-hydroxylation sites is 2. The van der Waals surface area contributed by atoms with Crippen molar-refractivity contribution in [1.82, 2.24) is 4.57 Å². The first kappa shape index (κ1) is 32.0. The number of aromatic nitrogens is 1. The monoisotopic (exact) mass is 708 g/mol. The quantitative estimate of drug-likeness (QED) is 0.125. The molecule has 1 aromatic heterocycles. The zero-order valence-corrected chi connectivity index (χ0v) is 30.2. The van der Waals surface area contributed by atoms with Crippen molar-refractivity contribution in [1.29, 1.82) is 0 Å². The molecule has 0 saturated carbocycles. The molecule has 0 amide bonds. The maximum atomic E-state index is 15.9. The molecule has 1 aliphatic rings. The molecule has 0 fully saturated rings. The summed E-state index contributed by atoms with van der Waals surface area (Å²) in [5.74, 6) is 0. The molecule has 0 spiro atoms. The lowest BCUT2D eigenvalue weighted by Crippen LogP contribution is -2.31. The van der Waals surface area contributed by atoms with Crippen LogP contribution in [-0.2, 0) is 9.98 Å². The van der Waals surface area contributed by atoms with Gasteiger partial charge in [-0.3, -0.25) is 0 Å². The highest BCUT2D eigenvalue weighted by atomic mass is 31.2. The van der Waals surface area contributed by atoms with Crippen molar-refractivity contribution in [3.63, 3.8) is 0 Å². The Morgan fingerprint density at radius 3 is 1.72 bits per heavy atom. The topological polar surface area (TPSA) is 26.4 Å². The molecule has 4 heteroatoms. The van der Waals surface area contributed by atoms with Crippen LogP contribution in [0.15, 0.2) is 200 Å². The van der Waals surface area contributed by atoms with Crippen LogP contribution in [0.1, 0.15) is 22.3 Å². The predicted octanol–water partition coefficient (Wildman–Crippen LogP) is 11.3. The molecule has 9 aromatic rings. The Labute approximate surface area is 314 Å². The minimum absolute atomic E-state index is 0.522. The number of rotatable bonds is 6. The highest BCUT2D eigenvalue weighted by Crippen LogP contribution is 2.57. The average Bonchev–Trinajstić information content (AvgIpc) is 3.75. The zero-order valence-electron chi connectivity index (χ0n) is 29.3. The van der Waals surface area contributed by atoms with E-state index in [1.807, 2.05) is 48.5 Å². The lowest BCUT2D eigenvalue weighted by atomic mass is 9.67. The molecule has 1 aliphatic carbocycles. The summed E-state index contributed by atoms with van der Waals surface area (Å²) in [5, 5.41) is 4.59. The molecule has 1 heterocycles. The van der Waals surface area contributed by atoms with Gasteiger partial charge in [0.15, 0.2) is 12.8 Å². The third-order valence-corrected chi connectivity index (χ3v) is 14.2. The molecular weight excluding hydrogens is 676 g/mol. The zero-order chi connectivity index (χ0) is 36.3. The van der Waals surface area contributed by atoms with E-state index < -0.39 is 12.6 Å². The Balaban J connectivity index is 1.29. The van der Waals surface area contributed by atoms with Crippen molar-refractivity contribution in [2.24, 2.45) is 0 Å². The van der Waals surface area contributed by atoms with E-state index in [9.17, 15) is 0 Å². The SMILES string of the molecule is [C-]#[N+]c1ccc(P(=O)(c2ccccc2)c2cccc(C3(c4ccc5c(c4)c4ccccc4n5-c4ccccc4)c4ccccc4-c4ccccc43)c2)cc1. The molecule has 8 aromatic carbocycles. The second-order valence-corrected chi connectivity index (χ2v) is 16.7. The third kappa shape index (κ3) is 4.58. The first-order chi connectivity index (χ1) is 26.6. The van der Waals surface area contributed by atoms with Gasteiger partial charge in [-0.2, -0.15) is 0 Å². The second-order valence-electron chi connectivity index (χ2n) is 13.9. The van der Waals surface area contributed by atoms with Gasteiger partial charge in [-0.15, -0.1) is 0 Å². The van der Waals surface area contributed by atoms with Crippen LogP contribution in [0.25, 0.3) is 43.5 Å². The molecule has 54 heavy (non-hydrogen) atoms. The van der Waals surface area contributed by atoms with Crippen LogP contribution >= 0.6 is 7.14 Å². The number of hydrogen-bond acceptors (Lipinski definition) is 1. The first-order valence-electron chi connectivity index (χ1n) is 18.2. The van der Waals surface area contributed by atoms with E-state index in [1.165, 1.54) is 33.0 Å². The Morgan fingerprint density at radius 1 is 0.463 bits per heavy atom. The number of hydrogen-bond donors (Lipinski definition) is 0. The van der Waals surface area contributed by atoms with Gasteiger partial charge < -0.3 is 9.13 Å². The molecule has 0 saturated heterocycles. The molecule has 10 rings (SSSR count). The minimum Gasteiger partial charge on any atom is -0.309 e. The fraction of sp³-hybridized carbons (Fsp3) is 0.0200. The molecule has 0 aliphatic heterocycles. The van der Waals surface area contributed by atoms with Gasteiger partial charge in [0.05, 0.1) is 23.0 Å². The van der Waals surface area contributed by atoms with Crippen molar-refractivity contribution in [2.45, 2.75) is 5.41 Å². The van der Waals surface area contributed by atoms with Gasteiger partial charge in [-0.05, 0) is 69.8 Å². The largest absolute Gasteiger partial charge is 0.309 e. The highest BCUT2D eigenvalue weighted by Gasteiger charge is 2.47. The predicted molar refractivity (Wildman–Crippen MR) is 224 cm³/mol. The normalized spacial score (nSPS) is 13.9. The van der Waals surface area contributed by atoms with Crippen molar-refractivity contribution in [3.05, 3.63) is 234 Å². The van der Waals surface area contributed by atoms with E-state index in [0.29, 0.717) is 11.0 Å². The van der Waals surface area contributed by atoms with Crippen molar-refractivity contribution >= 4 is 50.5 Å². The van der Waals surface area contributed by atoms with Crippen LogP contribution in [-0.4, -0.2) is 4.57 Å². The van der Waals surface area contributed by atoms with Gasteiger partial charge in [-0.25, -0.2) is 4.85 Å². The summed E-state index contributed by atoms with van der Waals surface area (Å²) in [5.41, 5.74) is 10.2. The van der Waals surface area contributed by atoms with Gasteiger partial charge >= 0.3 is 0 Å². The molecule has 0 bridgehead atoms. The molecule has 0 N–H and O–H groups in total. The summed E-state index contributed by atoms with van der Waals surface area (Å²) in [6, 6.07) is 69.2. The number of benzene rings is 8. The van der Waals surface area contributed by atoms with Gasteiger partial charge in [-0.1, -0.05) is 164 Å². The highest BCUT2D eigenvalue weighted by molar-refractivity contribution is 7.85.